The lowest BCUT2D eigenvalue weighted by Gasteiger charge is -2.24. The van der Waals surface area contributed by atoms with E-state index in [2.05, 4.69) is 32.8 Å². The minimum atomic E-state index is -0.0954. The number of guanidine groups is 1. The molecule has 2 rings (SSSR count). The van der Waals surface area contributed by atoms with Crippen molar-refractivity contribution in [2.45, 2.75) is 25.8 Å². The third-order valence-electron chi connectivity index (χ3n) is 4.69. The van der Waals surface area contributed by atoms with Gasteiger partial charge >= 0.3 is 0 Å². The highest BCUT2D eigenvalue weighted by molar-refractivity contribution is 14.0. The van der Waals surface area contributed by atoms with E-state index in [9.17, 15) is 4.79 Å². The van der Waals surface area contributed by atoms with E-state index in [0.717, 1.165) is 24.8 Å². The molecule has 1 unspecified atom stereocenters. The van der Waals surface area contributed by atoms with E-state index < -0.39 is 0 Å². The number of likely N-dealkylation sites (tertiary alicyclic amines) is 1. The number of halogens is 1. The van der Waals surface area contributed by atoms with Gasteiger partial charge in [0, 0.05) is 38.3 Å². The van der Waals surface area contributed by atoms with E-state index in [1.807, 2.05) is 0 Å². The molecular formula is C19H32IN5O2. The number of carbonyl (C=O) groups excluding carboxylic acids is 1. The topological polar surface area (TPSA) is 78.0 Å². The van der Waals surface area contributed by atoms with Crippen molar-refractivity contribution in [1.82, 2.24) is 20.9 Å². The smallest absolute Gasteiger partial charge is 0.251 e. The van der Waals surface area contributed by atoms with Crippen molar-refractivity contribution in [2.75, 3.05) is 46.9 Å². The Bertz CT molecular complexity index is 594. The van der Waals surface area contributed by atoms with Crippen LogP contribution in [0.5, 0.6) is 5.75 Å². The normalized spacial score (nSPS) is 17.1. The molecule has 7 nitrogen and oxygen atoms in total. The molecule has 0 spiro atoms. The zero-order valence-corrected chi connectivity index (χ0v) is 18.8. The largest absolute Gasteiger partial charge is 0.497 e. The van der Waals surface area contributed by atoms with E-state index in [0.29, 0.717) is 24.7 Å². The fraction of sp³-hybridized carbons (Fsp3) is 0.579. The summed E-state index contributed by atoms with van der Waals surface area (Å²) in [6.45, 7) is 6.52. The number of benzene rings is 1. The standard InChI is InChI=1S/C19H31N5O2.HI/c1-4-24-13-5-6-16(24)14-23-19(20-2)22-12-11-21-18(25)15-7-9-17(26-3)10-8-15;/h7-10,16H,4-6,11-14H2,1-3H3,(H,21,25)(H2,20,22,23);1H. The van der Waals surface area contributed by atoms with Crippen molar-refractivity contribution >= 4 is 35.8 Å². The number of likely N-dealkylation sites (N-methyl/N-ethyl adjacent to an activating group) is 1. The first kappa shape index (κ1) is 23.5. The lowest BCUT2D eigenvalue weighted by Crippen LogP contribution is -2.46. The molecule has 1 heterocycles. The first-order chi connectivity index (χ1) is 12.7. The molecule has 3 N–H and O–H groups in total. The van der Waals surface area contributed by atoms with Gasteiger partial charge in [0.25, 0.3) is 5.91 Å². The zero-order chi connectivity index (χ0) is 18.8. The van der Waals surface area contributed by atoms with Crippen LogP contribution in [0.2, 0.25) is 0 Å². The van der Waals surface area contributed by atoms with E-state index in [1.54, 1.807) is 38.4 Å². The van der Waals surface area contributed by atoms with E-state index in [1.165, 1.54) is 19.4 Å². The number of rotatable bonds is 8. The predicted molar refractivity (Wildman–Crippen MR) is 120 cm³/mol. The minimum absolute atomic E-state index is 0. The number of hydrogen-bond acceptors (Lipinski definition) is 4. The molecule has 27 heavy (non-hydrogen) atoms. The summed E-state index contributed by atoms with van der Waals surface area (Å²) in [5, 5.41) is 9.51. The number of hydrogen-bond donors (Lipinski definition) is 3. The van der Waals surface area contributed by atoms with Crippen molar-refractivity contribution in [3.05, 3.63) is 29.8 Å². The molecule has 1 saturated heterocycles. The Morgan fingerprint density at radius 1 is 1.22 bits per heavy atom. The second kappa shape index (κ2) is 12.8. The summed E-state index contributed by atoms with van der Waals surface area (Å²) in [5.41, 5.74) is 0.620. The van der Waals surface area contributed by atoms with Crippen molar-refractivity contribution < 1.29 is 9.53 Å². The summed E-state index contributed by atoms with van der Waals surface area (Å²) in [6, 6.07) is 7.64. The second-order valence-electron chi connectivity index (χ2n) is 6.29. The van der Waals surface area contributed by atoms with Crippen LogP contribution in [0.3, 0.4) is 0 Å². The molecule has 1 amide bonds. The maximum Gasteiger partial charge on any atom is 0.251 e. The number of nitrogens with zero attached hydrogens (tertiary/aromatic N) is 2. The average Bonchev–Trinajstić information content (AvgIpc) is 3.15. The number of amides is 1. The maximum atomic E-state index is 12.1. The van der Waals surface area contributed by atoms with Gasteiger partial charge in [0.2, 0.25) is 0 Å². The predicted octanol–water partition coefficient (Wildman–Crippen LogP) is 1.69. The van der Waals surface area contributed by atoms with E-state index >= 15 is 0 Å². The van der Waals surface area contributed by atoms with Crippen LogP contribution in [0, 0.1) is 0 Å². The molecule has 0 radical (unpaired) electrons. The molecule has 1 aromatic carbocycles. The molecular weight excluding hydrogens is 457 g/mol. The summed E-state index contributed by atoms with van der Waals surface area (Å²) >= 11 is 0. The van der Waals surface area contributed by atoms with Gasteiger partial charge in [0.05, 0.1) is 7.11 Å². The number of nitrogens with one attached hydrogen (secondary N) is 3. The third kappa shape index (κ3) is 7.53. The summed E-state index contributed by atoms with van der Waals surface area (Å²) in [6.07, 6.45) is 2.50. The third-order valence-corrected chi connectivity index (χ3v) is 4.69. The number of carbonyl (C=O) groups is 1. The fourth-order valence-corrected chi connectivity index (χ4v) is 3.18. The SMILES string of the molecule is CCN1CCCC1CNC(=NC)NCCNC(=O)c1ccc(OC)cc1.I. The van der Waals surface area contributed by atoms with Crippen LogP contribution in [-0.4, -0.2) is 69.7 Å². The van der Waals surface area contributed by atoms with Crippen LogP contribution in [0.15, 0.2) is 29.3 Å². The first-order valence-corrected chi connectivity index (χ1v) is 9.28. The number of ether oxygens (including phenoxy) is 1. The van der Waals surface area contributed by atoms with Crippen LogP contribution in [0.1, 0.15) is 30.1 Å². The molecule has 152 valence electrons. The van der Waals surface area contributed by atoms with Gasteiger partial charge in [0.15, 0.2) is 5.96 Å². The van der Waals surface area contributed by atoms with Crippen LogP contribution < -0.4 is 20.7 Å². The lowest BCUT2D eigenvalue weighted by molar-refractivity contribution is 0.0954. The van der Waals surface area contributed by atoms with E-state index in [4.69, 9.17) is 4.74 Å². The van der Waals surface area contributed by atoms with Crippen molar-refractivity contribution in [3.8, 4) is 5.75 Å². The molecule has 1 atom stereocenters. The summed E-state index contributed by atoms with van der Waals surface area (Å²) in [7, 11) is 3.37. The Morgan fingerprint density at radius 2 is 1.93 bits per heavy atom. The first-order valence-electron chi connectivity index (χ1n) is 9.28. The van der Waals surface area contributed by atoms with Crippen molar-refractivity contribution in [1.29, 1.82) is 0 Å². The molecule has 0 aliphatic carbocycles. The Hall–Kier alpha value is -1.55. The van der Waals surface area contributed by atoms with Gasteiger partial charge in [-0.25, -0.2) is 0 Å². The molecule has 1 aliphatic rings. The van der Waals surface area contributed by atoms with Gasteiger partial charge in [-0.1, -0.05) is 6.92 Å². The van der Waals surface area contributed by atoms with Crippen molar-refractivity contribution in [2.24, 2.45) is 4.99 Å². The lowest BCUT2D eigenvalue weighted by atomic mass is 10.2. The quantitative estimate of drug-likeness (QED) is 0.224. The van der Waals surface area contributed by atoms with Crippen LogP contribution >= 0.6 is 24.0 Å². The Morgan fingerprint density at radius 3 is 2.56 bits per heavy atom. The highest BCUT2D eigenvalue weighted by atomic mass is 127. The average molecular weight is 489 g/mol. The zero-order valence-electron chi connectivity index (χ0n) is 16.5. The van der Waals surface area contributed by atoms with E-state index in [-0.39, 0.29) is 29.9 Å². The molecule has 1 aromatic rings. The van der Waals surface area contributed by atoms with Gasteiger partial charge in [-0.2, -0.15) is 0 Å². The van der Waals surface area contributed by atoms with Gasteiger partial charge in [-0.3, -0.25) is 14.7 Å². The Kier molecular flexibility index (Phi) is 11.1. The van der Waals surface area contributed by atoms with Gasteiger partial charge in [-0.15, -0.1) is 24.0 Å². The van der Waals surface area contributed by atoms with Gasteiger partial charge in [-0.05, 0) is 50.2 Å². The monoisotopic (exact) mass is 489 g/mol. The summed E-state index contributed by atoms with van der Waals surface area (Å²) in [5.74, 6) is 1.41. The number of methoxy groups -OCH3 is 1. The molecule has 0 aromatic heterocycles. The fourth-order valence-electron chi connectivity index (χ4n) is 3.18. The molecule has 0 saturated carbocycles. The molecule has 0 bridgehead atoms. The Labute approximate surface area is 179 Å². The number of aliphatic imine (C=N–C) groups is 1. The Balaban J connectivity index is 0.00000364. The molecule has 8 heteroatoms. The summed E-state index contributed by atoms with van der Waals surface area (Å²) in [4.78, 5) is 18.8. The highest BCUT2D eigenvalue weighted by Gasteiger charge is 2.22. The molecule has 1 aliphatic heterocycles. The minimum Gasteiger partial charge on any atom is -0.497 e. The van der Waals surface area contributed by atoms with Crippen LogP contribution in [0.4, 0.5) is 0 Å². The highest BCUT2D eigenvalue weighted by Crippen LogP contribution is 2.15. The van der Waals surface area contributed by atoms with Gasteiger partial charge in [0.1, 0.15) is 5.75 Å². The van der Waals surface area contributed by atoms with Gasteiger partial charge < -0.3 is 20.7 Å². The van der Waals surface area contributed by atoms with Crippen molar-refractivity contribution in [3.63, 3.8) is 0 Å². The maximum absolute atomic E-state index is 12.1. The molecule has 1 fully saturated rings. The summed E-state index contributed by atoms with van der Waals surface area (Å²) < 4.78 is 5.09. The second-order valence-corrected chi connectivity index (χ2v) is 6.29. The van der Waals surface area contributed by atoms with Crippen LogP contribution in [0.25, 0.3) is 0 Å². The van der Waals surface area contributed by atoms with Crippen LogP contribution in [-0.2, 0) is 0 Å².